The maximum atomic E-state index is 10.9. The van der Waals surface area contributed by atoms with E-state index in [1.807, 2.05) is 13.8 Å². The van der Waals surface area contributed by atoms with E-state index >= 15 is 0 Å². The van der Waals surface area contributed by atoms with Crippen molar-refractivity contribution < 1.29 is 14.3 Å². The van der Waals surface area contributed by atoms with E-state index < -0.39 is 5.97 Å². The molecule has 72 valence electrons. The molecule has 3 heteroatoms. The van der Waals surface area contributed by atoms with Gasteiger partial charge in [0.05, 0.1) is 5.56 Å². The molecule has 0 amide bonds. The van der Waals surface area contributed by atoms with Crippen LogP contribution in [0.25, 0.3) is 11.0 Å². The number of hydrogen-bond donors (Lipinski definition) is 1. The van der Waals surface area contributed by atoms with Gasteiger partial charge < -0.3 is 9.52 Å². The molecule has 2 rings (SSSR count). The summed E-state index contributed by atoms with van der Waals surface area (Å²) in [6.07, 6.45) is 0. The minimum absolute atomic E-state index is 0.303. The van der Waals surface area contributed by atoms with Crippen molar-refractivity contribution in [3.8, 4) is 0 Å². The van der Waals surface area contributed by atoms with Gasteiger partial charge in [0.1, 0.15) is 11.3 Å². The molecule has 0 aliphatic rings. The Morgan fingerprint density at radius 2 is 2.07 bits per heavy atom. The second-order valence-electron chi connectivity index (χ2n) is 3.27. The summed E-state index contributed by atoms with van der Waals surface area (Å²) >= 11 is 0. The standard InChI is InChI=1S/C11H10O3/c1-6-7(2)14-9-5-3-4-8(10(6)9)11(12)13/h3-5H,1-2H3,(H,12,13). The van der Waals surface area contributed by atoms with Crippen LogP contribution in [0.5, 0.6) is 0 Å². The molecule has 14 heavy (non-hydrogen) atoms. The Morgan fingerprint density at radius 1 is 1.36 bits per heavy atom. The molecule has 0 fully saturated rings. The van der Waals surface area contributed by atoms with Gasteiger partial charge in [-0.25, -0.2) is 4.79 Å². The van der Waals surface area contributed by atoms with E-state index in [4.69, 9.17) is 9.52 Å². The molecule has 0 bridgehead atoms. The monoisotopic (exact) mass is 190 g/mol. The van der Waals surface area contributed by atoms with Crippen LogP contribution in [-0.2, 0) is 0 Å². The van der Waals surface area contributed by atoms with Gasteiger partial charge in [-0.2, -0.15) is 0 Å². The Hall–Kier alpha value is -1.77. The molecule has 1 aromatic heterocycles. The van der Waals surface area contributed by atoms with Crippen LogP contribution in [-0.4, -0.2) is 11.1 Å². The Balaban J connectivity index is 2.91. The van der Waals surface area contributed by atoms with Gasteiger partial charge in [0.25, 0.3) is 0 Å². The number of hydrogen-bond acceptors (Lipinski definition) is 2. The molecule has 2 aromatic rings. The Labute approximate surface area is 81.0 Å². The SMILES string of the molecule is Cc1oc2cccc(C(=O)O)c2c1C. The molecular weight excluding hydrogens is 180 g/mol. The minimum Gasteiger partial charge on any atom is -0.478 e. The van der Waals surface area contributed by atoms with Crippen LogP contribution in [0.1, 0.15) is 21.7 Å². The maximum Gasteiger partial charge on any atom is 0.336 e. The number of aryl methyl sites for hydroxylation is 2. The van der Waals surface area contributed by atoms with E-state index in [1.165, 1.54) is 0 Å². The second kappa shape index (κ2) is 2.87. The van der Waals surface area contributed by atoms with Crippen molar-refractivity contribution in [1.29, 1.82) is 0 Å². The number of fused-ring (bicyclic) bond motifs is 1. The normalized spacial score (nSPS) is 10.7. The van der Waals surface area contributed by atoms with Gasteiger partial charge in [0, 0.05) is 5.39 Å². The third-order valence-electron chi connectivity index (χ3n) is 2.42. The first-order valence-electron chi connectivity index (χ1n) is 4.33. The number of aromatic carboxylic acids is 1. The van der Waals surface area contributed by atoms with Crippen LogP contribution in [0.3, 0.4) is 0 Å². The Morgan fingerprint density at radius 3 is 2.71 bits per heavy atom. The lowest BCUT2D eigenvalue weighted by Gasteiger charge is -1.96. The van der Waals surface area contributed by atoms with Gasteiger partial charge in [0.15, 0.2) is 0 Å². The molecule has 0 radical (unpaired) electrons. The summed E-state index contributed by atoms with van der Waals surface area (Å²) in [7, 11) is 0. The van der Waals surface area contributed by atoms with Crippen molar-refractivity contribution in [3.05, 3.63) is 35.1 Å². The molecule has 0 spiro atoms. The topological polar surface area (TPSA) is 50.4 Å². The van der Waals surface area contributed by atoms with Crippen LogP contribution in [0.4, 0.5) is 0 Å². The van der Waals surface area contributed by atoms with E-state index in [0.717, 1.165) is 11.3 Å². The van der Waals surface area contributed by atoms with Crippen LogP contribution in [0.2, 0.25) is 0 Å². The number of carboxylic acid groups (broad SMARTS) is 1. The van der Waals surface area contributed by atoms with Crippen molar-refractivity contribution in [1.82, 2.24) is 0 Å². The van der Waals surface area contributed by atoms with E-state index in [2.05, 4.69) is 0 Å². The molecule has 0 saturated carbocycles. The van der Waals surface area contributed by atoms with E-state index in [-0.39, 0.29) is 0 Å². The lowest BCUT2D eigenvalue weighted by Crippen LogP contribution is -1.96. The first-order chi connectivity index (χ1) is 6.61. The fourth-order valence-corrected chi connectivity index (χ4v) is 1.60. The molecule has 1 heterocycles. The molecule has 3 nitrogen and oxygen atoms in total. The molecule has 0 unspecified atom stereocenters. The first kappa shape index (κ1) is 8.81. The number of rotatable bonds is 1. The second-order valence-corrected chi connectivity index (χ2v) is 3.27. The van der Waals surface area contributed by atoms with E-state index in [0.29, 0.717) is 16.5 Å². The molecule has 1 N–H and O–H groups in total. The zero-order valence-corrected chi connectivity index (χ0v) is 8.00. The van der Waals surface area contributed by atoms with Crippen LogP contribution >= 0.6 is 0 Å². The summed E-state index contributed by atoms with van der Waals surface area (Å²) < 4.78 is 5.43. The largest absolute Gasteiger partial charge is 0.478 e. The number of carboxylic acids is 1. The third-order valence-corrected chi connectivity index (χ3v) is 2.42. The number of furan rings is 1. The van der Waals surface area contributed by atoms with Crippen LogP contribution in [0.15, 0.2) is 22.6 Å². The minimum atomic E-state index is -0.917. The Kier molecular flexibility index (Phi) is 1.81. The third kappa shape index (κ3) is 1.09. The zero-order valence-electron chi connectivity index (χ0n) is 8.00. The molecule has 0 aliphatic carbocycles. The van der Waals surface area contributed by atoms with Crippen molar-refractivity contribution >= 4 is 16.9 Å². The quantitative estimate of drug-likeness (QED) is 0.752. The highest BCUT2D eigenvalue weighted by molar-refractivity contribution is 6.03. The van der Waals surface area contributed by atoms with Crippen molar-refractivity contribution in [3.63, 3.8) is 0 Å². The van der Waals surface area contributed by atoms with Gasteiger partial charge in [0.2, 0.25) is 0 Å². The summed E-state index contributed by atoms with van der Waals surface area (Å²) in [5.74, 6) is -0.145. The van der Waals surface area contributed by atoms with Gasteiger partial charge in [-0.15, -0.1) is 0 Å². The molecule has 1 aromatic carbocycles. The predicted molar refractivity (Wildman–Crippen MR) is 52.6 cm³/mol. The summed E-state index contributed by atoms with van der Waals surface area (Å²) in [6, 6.07) is 5.06. The van der Waals surface area contributed by atoms with Gasteiger partial charge in [-0.3, -0.25) is 0 Å². The van der Waals surface area contributed by atoms with Crippen molar-refractivity contribution in [2.75, 3.05) is 0 Å². The summed E-state index contributed by atoms with van der Waals surface area (Å²) in [5.41, 5.74) is 1.84. The fourth-order valence-electron chi connectivity index (χ4n) is 1.60. The average molecular weight is 190 g/mol. The van der Waals surface area contributed by atoms with Gasteiger partial charge in [-0.1, -0.05) is 6.07 Å². The smallest absolute Gasteiger partial charge is 0.336 e. The highest BCUT2D eigenvalue weighted by Gasteiger charge is 2.14. The Bertz CT molecular complexity index is 508. The van der Waals surface area contributed by atoms with Crippen LogP contribution < -0.4 is 0 Å². The van der Waals surface area contributed by atoms with Crippen LogP contribution in [0, 0.1) is 13.8 Å². The van der Waals surface area contributed by atoms with Gasteiger partial charge >= 0.3 is 5.97 Å². The lowest BCUT2D eigenvalue weighted by molar-refractivity contribution is 0.0699. The van der Waals surface area contributed by atoms with E-state index in [1.54, 1.807) is 18.2 Å². The van der Waals surface area contributed by atoms with Gasteiger partial charge in [-0.05, 0) is 31.5 Å². The molecule has 0 saturated heterocycles. The molecule has 0 atom stereocenters. The first-order valence-corrected chi connectivity index (χ1v) is 4.33. The lowest BCUT2D eigenvalue weighted by atomic mass is 10.1. The van der Waals surface area contributed by atoms with Crippen molar-refractivity contribution in [2.24, 2.45) is 0 Å². The number of benzene rings is 1. The fraction of sp³-hybridized carbons (Fsp3) is 0.182. The highest BCUT2D eigenvalue weighted by Crippen LogP contribution is 2.27. The molecular formula is C11H10O3. The summed E-state index contributed by atoms with van der Waals surface area (Å²) in [6.45, 7) is 3.70. The summed E-state index contributed by atoms with van der Waals surface area (Å²) in [5, 5.41) is 9.68. The average Bonchev–Trinajstić information content (AvgIpc) is 2.43. The maximum absolute atomic E-state index is 10.9. The van der Waals surface area contributed by atoms with Crippen molar-refractivity contribution in [2.45, 2.75) is 13.8 Å². The van der Waals surface area contributed by atoms with E-state index in [9.17, 15) is 4.79 Å². The summed E-state index contributed by atoms with van der Waals surface area (Å²) in [4.78, 5) is 10.9. The molecule has 0 aliphatic heterocycles. The zero-order chi connectivity index (χ0) is 10.3. The highest BCUT2D eigenvalue weighted by atomic mass is 16.4. The predicted octanol–water partition coefficient (Wildman–Crippen LogP) is 2.75. The number of carbonyl (C=O) groups is 1.